The zero-order valence-electron chi connectivity index (χ0n) is 24.8. The fourth-order valence-electron chi connectivity index (χ4n) is 5.65. The number of aliphatic hydroxyl groups is 1. The molecule has 0 aromatic heterocycles. The Morgan fingerprint density at radius 1 is 1.04 bits per heavy atom. The van der Waals surface area contributed by atoms with Gasteiger partial charge >= 0.3 is 12.1 Å². The van der Waals surface area contributed by atoms with Crippen molar-refractivity contribution in [3.63, 3.8) is 0 Å². The molecule has 5 rings (SSSR count). The first-order valence-corrected chi connectivity index (χ1v) is 15.6. The Kier molecular flexibility index (Phi) is 10.4. The average molecular weight is 645 g/mol. The second kappa shape index (κ2) is 14.2. The van der Waals surface area contributed by atoms with Gasteiger partial charge in [0, 0.05) is 34.4 Å². The van der Waals surface area contributed by atoms with Gasteiger partial charge in [-0.3, -0.25) is 9.59 Å². The number of thioether (sulfide) groups is 1. The molecular formula is C33H35F3N2O6S. The summed E-state index contributed by atoms with van der Waals surface area (Å²) >= 11 is 1.60. The molecule has 2 N–H and O–H groups in total. The topological polar surface area (TPSA) is 97.3 Å². The minimum atomic E-state index is -5.05. The van der Waals surface area contributed by atoms with E-state index in [1.54, 1.807) is 43.1 Å². The lowest BCUT2D eigenvalue weighted by molar-refractivity contribution is -0.268. The summed E-state index contributed by atoms with van der Waals surface area (Å²) in [4.78, 5) is 26.5. The molecule has 2 aliphatic heterocycles. The quantitative estimate of drug-likeness (QED) is 0.266. The maximum atomic E-state index is 13.1. The second-order valence-electron chi connectivity index (χ2n) is 11.1. The first-order valence-electron chi connectivity index (χ1n) is 14.6. The highest BCUT2D eigenvalue weighted by Crippen LogP contribution is 2.44. The van der Waals surface area contributed by atoms with E-state index in [0.717, 1.165) is 21.8 Å². The second-order valence-corrected chi connectivity index (χ2v) is 12.1. The van der Waals surface area contributed by atoms with Crippen LogP contribution in [0.15, 0.2) is 77.7 Å². The average Bonchev–Trinajstić information content (AvgIpc) is 3.54. The Morgan fingerprint density at radius 3 is 2.51 bits per heavy atom. The van der Waals surface area contributed by atoms with Gasteiger partial charge in [-0.1, -0.05) is 55.5 Å². The van der Waals surface area contributed by atoms with Crippen molar-refractivity contribution >= 4 is 29.3 Å². The number of amides is 2. The van der Waals surface area contributed by atoms with E-state index in [1.807, 2.05) is 48.5 Å². The van der Waals surface area contributed by atoms with Crippen molar-refractivity contribution in [2.24, 2.45) is 5.92 Å². The Hall–Kier alpha value is -3.58. The number of methoxy groups -OCH3 is 1. The van der Waals surface area contributed by atoms with Crippen molar-refractivity contribution in [2.75, 3.05) is 24.7 Å². The standard InChI is InChI=1S/C33H35F3N2O6S/c1-20-27(19-45-28-11-4-3-10-26(28)42-2)43-31(44-29(20)22-14-12-21(18-39)13-15-22)23-7-5-8-24(17-23)37-30(40)25-9-6-16-38(25)32(41)33(34,35)36/h3-5,7-8,10-15,17,20,25,27,29,31,39H,6,9,16,18-19H2,1-2H3,(H,37,40). The van der Waals surface area contributed by atoms with Crippen molar-refractivity contribution < 1.29 is 42.1 Å². The van der Waals surface area contributed by atoms with Gasteiger partial charge in [0.05, 0.1) is 25.9 Å². The third-order valence-electron chi connectivity index (χ3n) is 8.08. The van der Waals surface area contributed by atoms with Gasteiger partial charge in [-0.15, -0.1) is 11.8 Å². The lowest BCUT2D eigenvalue weighted by Crippen LogP contribution is -2.48. The largest absolute Gasteiger partial charge is 0.496 e. The fourth-order valence-corrected chi connectivity index (χ4v) is 6.85. The number of alkyl halides is 3. The van der Waals surface area contributed by atoms with Crippen molar-refractivity contribution in [1.82, 2.24) is 4.90 Å². The number of anilines is 1. The van der Waals surface area contributed by atoms with Crippen molar-refractivity contribution in [2.45, 2.75) is 62.0 Å². The summed E-state index contributed by atoms with van der Waals surface area (Å²) in [7, 11) is 1.62. The van der Waals surface area contributed by atoms with Crippen LogP contribution in [0, 0.1) is 5.92 Å². The molecule has 2 saturated heterocycles. The molecular weight excluding hydrogens is 609 g/mol. The third-order valence-corrected chi connectivity index (χ3v) is 9.22. The number of aliphatic hydroxyl groups excluding tert-OH is 1. The molecule has 240 valence electrons. The van der Waals surface area contributed by atoms with Gasteiger partial charge in [0.15, 0.2) is 6.29 Å². The van der Waals surface area contributed by atoms with Gasteiger partial charge in [0.1, 0.15) is 11.8 Å². The van der Waals surface area contributed by atoms with E-state index in [1.165, 1.54) is 0 Å². The lowest BCUT2D eigenvalue weighted by atomic mass is 9.91. The first kappa shape index (κ1) is 32.8. The van der Waals surface area contributed by atoms with E-state index in [9.17, 15) is 27.9 Å². The minimum absolute atomic E-state index is 0.0640. The number of ether oxygens (including phenoxy) is 3. The van der Waals surface area contributed by atoms with Crippen LogP contribution in [0.3, 0.4) is 0 Å². The molecule has 2 fully saturated rings. The van der Waals surface area contributed by atoms with Gasteiger partial charge in [-0.05, 0) is 48.2 Å². The summed E-state index contributed by atoms with van der Waals surface area (Å²) in [6, 6.07) is 20.8. The highest BCUT2D eigenvalue weighted by Gasteiger charge is 2.47. The van der Waals surface area contributed by atoms with Crippen LogP contribution >= 0.6 is 11.8 Å². The van der Waals surface area contributed by atoms with Gasteiger partial charge in [-0.2, -0.15) is 13.2 Å². The zero-order valence-corrected chi connectivity index (χ0v) is 25.6. The number of para-hydroxylation sites is 1. The Bertz CT molecular complexity index is 1490. The summed E-state index contributed by atoms with van der Waals surface area (Å²) in [6.07, 6.45) is -6.05. The van der Waals surface area contributed by atoms with Crippen LogP contribution in [-0.4, -0.2) is 59.6 Å². The van der Waals surface area contributed by atoms with E-state index in [4.69, 9.17) is 14.2 Å². The Labute approximate surface area is 263 Å². The van der Waals surface area contributed by atoms with Crippen LogP contribution in [0.2, 0.25) is 0 Å². The zero-order chi connectivity index (χ0) is 32.1. The molecule has 8 nitrogen and oxygen atoms in total. The molecule has 12 heteroatoms. The number of nitrogens with one attached hydrogen (secondary N) is 1. The molecule has 3 aromatic rings. The Balaban J connectivity index is 1.36. The molecule has 5 unspecified atom stereocenters. The maximum Gasteiger partial charge on any atom is 0.471 e. The van der Waals surface area contributed by atoms with Crippen LogP contribution < -0.4 is 10.1 Å². The number of likely N-dealkylation sites (tertiary alicyclic amines) is 1. The lowest BCUT2D eigenvalue weighted by Gasteiger charge is -2.41. The predicted octanol–water partition coefficient (Wildman–Crippen LogP) is 6.26. The number of nitrogens with zero attached hydrogens (tertiary/aromatic N) is 1. The van der Waals surface area contributed by atoms with E-state index in [0.29, 0.717) is 28.3 Å². The molecule has 0 bridgehead atoms. The smallest absolute Gasteiger partial charge is 0.471 e. The van der Waals surface area contributed by atoms with Crippen LogP contribution in [0.1, 0.15) is 48.8 Å². The minimum Gasteiger partial charge on any atom is -0.496 e. The predicted molar refractivity (Wildman–Crippen MR) is 163 cm³/mol. The van der Waals surface area contributed by atoms with E-state index in [2.05, 4.69) is 12.2 Å². The van der Waals surface area contributed by atoms with Gasteiger partial charge in [0.2, 0.25) is 5.91 Å². The van der Waals surface area contributed by atoms with Gasteiger partial charge in [0.25, 0.3) is 0 Å². The summed E-state index contributed by atoms with van der Waals surface area (Å²) in [5.74, 6) is -1.41. The normalized spacial score (nSPS) is 23.5. The number of hydrogen-bond donors (Lipinski definition) is 2. The highest BCUT2D eigenvalue weighted by atomic mass is 32.2. The molecule has 0 spiro atoms. The van der Waals surface area contributed by atoms with Crippen LogP contribution in [0.25, 0.3) is 0 Å². The van der Waals surface area contributed by atoms with Crippen molar-refractivity contribution in [3.05, 3.63) is 89.5 Å². The maximum absolute atomic E-state index is 13.1. The van der Waals surface area contributed by atoms with E-state index >= 15 is 0 Å². The number of hydrogen-bond acceptors (Lipinski definition) is 7. The number of carbonyl (C=O) groups is 2. The van der Waals surface area contributed by atoms with E-state index < -0.39 is 30.3 Å². The summed E-state index contributed by atoms with van der Waals surface area (Å²) in [5.41, 5.74) is 2.65. The molecule has 3 aromatic carbocycles. The van der Waals surface area contributed by atoms with Crippen LogP contribution in [-0.2, 0) is 25.7 Å². The number of carbonyl (C=O) groups excluding carboxylic acids is 2. The molecule has 45 heavy (non-hydrogen) atoms. The van der Waals surface area contributed by atoms with Gasteiger partial charge < -0.3 is 29.5 Å². The highest BCUT2D eigenvalue weighted by molar-refractivity contribution is 7.99. The first-order chi connectivity index (χ1) is 21.6. The number of rotatable bonds is 9. The fraction of sp³-hybridized carbons (Fsp3) is 0.394. The molecule has 5 atom stereocenters. The summed E-state index contributed by atoms with van der Waals surface area (Å²) < 4.78 is 57.8. The number of halogens is 3. The van der Waals surface area contributed by atoms with Crippen LogP contribution in [0.5, 0.6) is 5.75 Å². The van der Waals surface area contributed by atoms with Gasteiger partial charge in [-0.25, -0.2) is 0 Å². The molecule has 0 saturated carbocycles. The molecule has 0 radical (unpaired) electrons. The van der Waals surface area contributed by atoms with Crippen LogP contribution in [0.4, 0.5) is 18.9 Å². The molecule has 2 amide bonds. The van der Waals surface area contributed by atoms with E-state index in [-0.39, 0.29) is 37.7 Å². The monoisotopic (exact) mass is 644 g/mol. The molecule has 0 aliphatic carbocycles. The van der Waals surface area contributed by atoms with Crippen molar-refractivity contribution in [3.8, 4) is 5.75 Å². The number of benzene rings is 3. The third kappa shape index (κ3) is 7.63. The summed E-state index contributed by atoms with van der Waals surface area (Å²) in [5, 5.41) is 12.2. The Morgan fingerprint density at radius 2 is 1.80 bits per heavy atom. The van der Waals surface area contributed by atoms with Crippen molar-refractivity contribution in [1.29, 1.82) is 0 Å². The summed E-state index contributed by atoms with van der Waals surface area (Å²) in [6.45, 7) is 1.85. The molecule has 2 heterocycles. The SMILES string of the molecule is COc1ccccc1SCC1OC(c2cccc(NC(=O)C3CCCN3C(=O)C(F)(F)F)c2)OC(c2ccc(CO)cc2)C1C. The molecule has 2 aliphatic rings.